The van der Waals surface area contributed by atoms with Gasteiger partial charge in [-0.3, -0.25) is 9.36 Å². The van der Waals surface area contributed by atoms with Crippen LogP contribution in [0.1, 0.15) is 0 Å². The molecule has 0 aromatic carbocycles. The number of phosphoric ester groups is 1. The molecule has 0 aliphatic carbocycles. The summed E-state index contributed by atoms with van der Waals surface area (Å²) in [6, 6.07) is 0. The van der Waals surface area contributed by atoms with Crippen LogP contribution in [0.5, 0.6) is 0 Å². The van der Waals surface area contributed by atoms with Gasteiger partial charge in [-0.2, -0.15) is 0 Å². The van der Waals surface area contributed by atoms with E-state index >= 15 is 0 Å². The quantitative estimate of drug-likeness (QED) is 0.350. The Bertz CT molecular complexity index is 225. The summed E-state index contributed by atoms with van der Waals surface area (Å²) < 4.78 is 18.7. The molecule has 0 bridgehead atoms. The molecule has 0 aromatic rings. The Morgan fingerprint density at radius 1 is 1.69 bits per heavy atom. The lowest BCUT2D eigenvalue weighted by molar-refractivity contribution is -0.224. The van der Waals surface area contributed by atoms with Crippen molar-refractivity contribution in [1.29, 1.82) is 0 Å². The molecule has 0 spiro atoms. The van der Waals surface area contributed by atoms with Gasteiger partial charge in [-0.15, -0.1) is 0 Å². The second kappa shape index (κ2) is 6.01. The molecule has 0 aliphatic heterocycles. The lowest BCUT2D eigenvalue weighted by atomic mass is 10.3. The molecule has 0 aliphatic rings. The van der Waals surface area contributed by atoms with Crippen molar-refractivity contribution >= 4 is 14.1 Å². The molecule has 76 valence electrons. The SMILES string of the molecule is COP(=O)([O-])OCC(O)C=CC=O. The Labute approximate surface area is 75.4 Å². The molecule has 0 saturated carbocycles. The van der Waals surface area contributed by atoms with Crippen LogP contribution >= 0.6 is 7.82 Å². The number of allylic oxidation sites excluding steroid dienone is 1. The van der Waals surface area contributed by atoms with Crippen LogP contribution in [0.2, 0.25) is 0 Å². The first-order chi connectivity index (χ1) is 6.02. The predicted octanol–water partition coefficient (Wildman–Crippen LogP) is -0.766. The number of carbonyl (C=O) groups excluding carboxylic acids is 1. The maximum Gasteiger partial charge on any atom is 0.267 e. The Morgan fingerprint density at radius 3 is 2.77 bits per heavy atom. The molecule has 2 unspecified atom stereocenters. The number of hydrogen-bond acceptors (Lipinski definition) is 6. The van der Waals surface area contributed by atoms with E-state index in [1.54, 1.807) is 0 Å². The average molecular weight is 209 g/mol. The molecule has 0 fully saturated rings. The van der Waals surface area contributed by atoms with E-state index in [4.69, 9.17) is 5.11 Å². The molecule has 2 atom stereocenters. The monoisotopic (exact) mass is 209 g/mol. The lowest BCUT2D eigenvalue weighted by Crippen LogP contribution is -2.15. The van der Waals surface area contributed by atoms with Crippen molar-refractivity contribution in [2.45, 2.75) is 6.10 Å². The highest BCUT2D eigenvalue weighted by Crippen LogP contribution is 2.36. The number of hydrogen-bond donors (Lipinski definition) is 1. The van der Waals surface area contributed by atoms with E-state index in [-0.39, 0.29) is 0 Å². The minimum atomic E-state index is -4.29. The third-order valence-electron chi connectivity index (χ3n) is 1.04. The van der Waals surface area contributed by atoms with Crippen LogP contribution in [0.15, 0.2) is 12.2 Å². The second-order valence-electron chi connectivity index (χ2n) is 2.01. The van der Waals surface area contributed by atoms with Crippen molar-refractivity contribution in [1.82, 2.24) is 0 Å². The fraction of sp³-hybridized carbons (Fsp3) is 0.500. The van der Waals surface area contributed by atoms with Gasteiger partial charge < -0.3 is 19.0 Å². The zero-order valence-electron chi connectivity index (χ0n) is 6.95. The number of carbonyl (C=O) groups is 1. The van der Waals surface area contributed by atoms with E-state index in [0.717, 1.165) is 19.3 Å². The lowest BCUT2D eigenvalue weighted by Gasteiger charge is -2.20. The van der Waals surface area contributed by atoms with Gasteiger partial charge in [-0.25, -0.2) is 0 Å². The van der Waals surface area contributed by atoms with Crippen molar-refractivity contribution in [3.63, 3.8) is 0 Å². The summed E-state index contributed by atoms with van der Waals surface area (Å²) in [6.45, 7) is -0.473. The molecule has 1 N–H and O–H groups in total. The van der Waals surface area contributed by atoms with E-state index in [1.807, 2.05) is 0 Å². The summed E-state index contributed by atoms with van der Waals surface area (Å²) in [5, 5.41) is 8.95. The van der Waals surface area contributed by atoms with Gasteiger partial charge in [0.05, 0.1) is 12.7 Å². The summed E-state index contributed by atoms with van der Waals surface area (Å²) >= 11 is 0. The van der Waals surface area contributed by atoms with E-state index in [0.29, 0.717) is 6.29 Å². The van der Waals surface area contributed by atoms with Crippen molar-refractivity contribution in [3.05, 3.63) is 12.2 Å². The normalized spacial score (nSPS) is 18.4. The first-order valence-corrected chi connectivity index (χ1v) is 4.79. The van der Waals surface area contributed by atoms with E-state index in [1.165, 1.54) is 0 Å². The number of phosphoric acid groups is 1. The van der Waals surface area contributed by atoms with Gasteiger partial charge in [0.2, 0.25) is 0 Å². The molecule has 13 heavy (non-hydrogen) atoms. The maximum atomic E-state index is 10.6. The Kier molecular flexibility index (Phi) is 5.77. The van der Waals surface area contributed by atoms with Crippen LogP contribution < -0.4 is 4.89 Å². The minimum absolute atomic E-state index is 0.455. The number of aldehydes is 1. The zero-order valence-corrected chi connectivity index (χ0v) is 7.85. The zero-order chi connectivity index (χ0) is 10.3. The van der Waals surface area contributed by atoms with Crippen LogP contribution in [0, 0.1) is 0 Å². The molecule has 0 aromatic heterocycles. The van der Waals surface area contributed by atoms with Gasteiger partial charge in [-0.1, -0.05) is 6.08 Å². The van der Waals surface area contributed by atoms with Gasteiger partial charge in [-0.05, 0) is 6.08 Å². The van der Waals surface area contributed by atoms with Gasteiger partial charge in [0.1, 0.15) is 6.29 Å². The largest absolute Gasteiger partial charge is 0.756 e. The van der Waals surface area contributed by atoms with Crippen molar-refractivity contribution in [2.75, 3.05) is 13.7 Å². The predicted molar refractivity (Wildman–Crippen MR) is 41.8 cm³/mol. The van der Waals surface area contributed by atoms with Gasteiger partial charge >= 0.3 is 0 Å². The highest BCUT2D eigenvalue weighted by atomic mass is 31.2. The van der Waals surface area contributed by atoms with Gasteiger partial charge in [0, 0.05) is 7.11 Å². The van der Waals surface area contributed by atoms with Crippen molar-refractivity contribution in [2.24, 2.45) is 0 Å². The first kappa shape index (κ1) is 12.5. The number of aliphatic hydroxyl groups excluding tert-OH is 1. The molecular formula is C6H10O6P-. The van der Waals surface area contributed by atoms with Crippen LogP contribution in [-0.4, -0.2) is 31.2 Å². The summed E-state index contributed by atoms with van der Waals surface area (Å²) in [7, 11) is -3.35. The second-order valence-corrected chi connectivity index (χ2v) is 3.53. The fourth-order valence-corrected chi connectivity index (χ4v) is 0.890. The van der Waals surface area contributed by atoms with Gasteiger partial charge in [0.15, 0.2) is 0 Å². The van der Waals surface area contributed by atoms with Crippen molar-refractivity contribution < 1.29 is 28.4 Å². The third-order valence-corrected chi connectivity index (χ3v) is 1.95. The number of rotatable bonds is 6. The summed E-state index contributed by atoms with van der Waals surface area (Å²) in [4.78, 5) is 20.3. The summed E-state index contributed by atoms with van der Waals surface area (Å²) in [5.41, 5.74) is 0. The summed E-state index contributed by atoms with van der Waals surface area (Å²) in [5.74, 6) is 0. The minimum Gasteiger partial charge on any atom is -0.756 e. The van der Waals surface area contributed by atoms with Crippen LogP contribution in [0.25, 0.3) is 0 Å². The summed E-state index contributed by atoms with van der Waals surface area (Å²) in [6.07, 6.45) is 1.44. The third kappa shape index (κ3) is 6.62. The van der Waals surface area contributed by atoms with Crippen LogP contribution in [0.3, 0.4) is 0 Å². The van der Waals surface area contributed by atoms with E-state index < -0.39 is 20.5 Å². The van der Waals surface area contributed by atoms with E-state index in [9.17, 15) is 14.3 Å². The Morgan fingerprint density at radius 2 is 2.31 bits per heavy atom. The smallest absolute Gasteiger partial charge is 0.267 e. The molecule has 0 radical (unpaired) electrons. The fourth-order valence-electron chi connectivity index (χ4n) is 0.450. The van der Waals surface area contributed by atoms with Crippen LogP contribution in [0.4, 0.5) is 0 Å². The molecule has 0 rings (SSSR count). The highest BCUT2D eigenvalue weighted by molar-refractivity contribution is 7.45. The Hall–Kier alpha value is -0.520. The van der Waals surface area contributed by atoms with E-state index in [2.05, 4.69) is 9.05 Å². The standard InChI is InChI=1S/C6H11O6P/c1-11-13(9,10)12-5-6(8)3-2-4-7/h2-4,6,8H,5H2,1H3,(H,9,10)/p-1. The highest BCUT2D eigenvalue weighted by Gasteiger charge is 2.08. The van der Waals surface area contributed by atoms with Crippen molar-refractivity contribution in [3.8, 4) is 0 Å². The molecular weight excluding hydrogens is 199 g/mol. The maximum absolute atomic E-state index is 10.6. The average Bonchev–Trinajstić information content (AvgIpc) is 2.11. The number of aliphatic hydroxyl groups is 1. The molecule has 6 nitrogen and oxygen atoms in total. The molecule has 0 saturated heterocycles. The van der Waals surface area contributed by atoms with Gasteiger partial charge in [0.25, 0.3) is 7.82 Å². The van der Waals surface area contributed by atoms with Crippen LogP contribution in [-0.2, 0) is 18.4 Å². The molecule has 0 amide bonds. The molecule has 7 heteroatoms. The topological polar surface area (TPSA) is 95.9 Å². The Balaban J connectivity index is 3.82. The molecule has 0 heterocycles. The first-order valence-electron chi connectivity index (χ1n) is 3.33.